The maximum absolute atomic E-state index is 6.41. The van der Waals surface area contributed by atoms with E-state index in [4.69, 9.17) is 4.42 Å². The second-order valence-corrected chi connectivity index (χ2v) is 11.8. The smallest absolute Gasteiger partial charge is 0.136 e. The molecule has 0 spiro atoms. The first-order valence-corrected chi connectivity index (χ1v) is 15.7. The lowest BCUT2D eigenvalue weighted by Gasteiger charge is -2.28. The summed E-state index contributed by atoms with van der Waals surface area (Å²) in [4.78, 5) is 2.40. The van der Waals surface area contributed by atoms with Gasteiger partial charge in [-0.1, -0.05) is 121 Å². The van der Waals surface area contributed by atoms with Crippen molar-refractivity contribution in [1.82, 2.24) is 0 Å². The van der Waals surface area contributed by atoms with Gasteiger partial charge in [0.15, 0.2) is 0 Å². The van der Waals surface area contributed by atoms with Gasteiger partial charge in [-0.2, -0.15) is 0 Å². The van der Waals surface area contributed by atoms with Crippen LogP contribution >= 0.6 is 0 Å². The van der Waals surface area contributed by atoms with Crippen LogP contribution in [0, 0.1) is 0 Å². The molecule has 216 valence electrons. The van der Waals surface area contributed by atoms with Gasteiger partial charge in [-0.3, -0.25) is 0 Å². The van der Waals surface area contributed by atoms with E-state index in [1.807, 2.05) is 0 Å². The van der Waals surface area contributed by atoms with Crippen LogP contribution in [0.25, 0.3) is 65.7 Å². The molecule has 0 N–H and O–H groups in total. The third kappa shape index (κ3) is 4.51. The summed E-state index contributed by atoms with van der Waals surface area (Å²) in [5.74, 6) is 0. The third-order valence-corrected chi connectivity index (χ3v) is 8.98. The largest absolute Gasteiger partial charge is 0.456 e. The molecular formula is C44H29NO. The van der Waals surface area contributed by atoms with Gasteiger partial charge in [0.25, 0.3) is 0 Å². The van der Waals surface area contributed by atoms with Crippen LogP contribution in [0.15, 0.2) is 180 Å². The molecular weight excluding hydrogens is 558 g/mol. The standard InChI is InChI=1S/C44H29NO/c1-3-12-30(13-4-1)35-24-36(31-14-5-2-6-15-31)26-38(25-35)45(42-21-11-19-32-16-9-10-20-39(32)42)37-22-23-43-41(29-37)40-27-33-17-7-8-18-34(33)28-44(40)46-43/h1-29H. The van der Waals surface area contributed by atoms with Crippen molar-refractivity contribution in [3.63, 3.8) is 0 Å². The monoisotopic (exact) mass is 587 g/mol. The number of hydrogen-bond donors (Lipinski definition) is 0. The van der Waals surface area contributed by atoms with E-state index in [1.54, 1.807) is 0 Å². The van der Waals surface area contributed by atoms with Crippen molar-refractivity contribution < 1.29 is 4.42 Å². The first-order chi connectivity index (χ1) is 22.8. The highest BCUT2D eigenvalue weighted by Gasteiger charge is 2.19. The summed E-state index contributed by atoms with van der Waals surface area (Å²) in [7, 11) is 0. The topological polar surface area (TPSA) is 16.4 Å². The highest BCUT2D eigenvalue weighted by atomic mass is 16.3. The van der Waals surface area contributed by atoms with Gasteiger partial charge in [-0.15, -0.1) is 0 Å². The van der Waals surface area contributed by atoms with E-state index in [1.165, 1.54) is 43.8 Å². The summed E-state index contributed by atoms with van der Waals surface area (Å²) in [6, 6.07) is 62.9. The Balaban J connectivity index is 1.33. The lowest BCUT2D eigenvalue weighted by Crippen LogP contribution is -2.11. The third-order valence-electron chi connectivity index (χ3n) is 8.98. The minimum atomic E-state index is 0.884. The summed E-state index contributed by atoms with van der Waals surface area (Å²) in [6.45, 7) is 0. The van der Waals surface area contributed by atoms with E-state index in [9.17, 15) is 0 Å². The Morgan fingerprint density at radius 3 is 1.63 bits per heavy atom. The summed E-state index contributed by atoms with van der Waals surface area (Å²) in [5, 5.41) is 7.01. The van der Waals surface area contributed by atoms with Crippen molar-refractivity contribution >= 4 is 60.5 Å². The van der Waals surface area contributed by atoms with Crippen molar-refractivity contribution in [1.29, 1.82) is 0 Å². The number of nitrogens with zero attached hydrogens (tertiary/aromatic N) is 1. The van der Waals surface area contributed by atoms with E-state index in [2.05, 4.69) is 181 Å². The second-order valence-electron chi connectivity index (χ2n) is 11.8. The van der Waals surface area contributed by atoms with Crippen LogP contribution in [0.5, 0.6) is 0 Å². The maximum atomic E-state index is 6.41. The van der Waals surface area contributed by atoms with Gasteiger partial charge in [0.1, 0.15) is 11.2 Å². The molecule has 9 rings (SSSR count). The van der Waals surface area contributed by atoms with Gasteiger partial charge in [0.2, 0.25) is 0 Å². The fraction of sp³-hybridized carbons (Fsp3) is 0. The Hall–Kier alpha value is -6.12. The molecule has 0 aliphatic rings. The molecule has 0 amide bonds. The van der Waals surface area contributed by atoms with Gasteiger partial charge < -0.3 is 9.32 Å². The lowest BCUT2D eigenvalue weighted by atomic mass is 9.97. The SMILES string of the molecule is c1ccc(-c2cc(-c3ccccc3)cc(N(c3ccc4oc5cc6ccccc6cc5c4c3)c3cccc4ccccc34)c2)cc1. The minimum Gasteiger partial charge on any atom is -0.456 e. The van der Waals surface area contributed by atoms with Crippen molar-refractivity contribution in [2.45, 2.75) is 0 Å². The number of rotatable bonds is 5. The molecule has 9 aromatic rings. The summed E-state index contributed by atoms with van der Waals surface area (Å²) in [6.07, 6.45) is 0. The molecule has 2 heteroatoms. The zero-order valence-electron chi connectivity index (χ0n) is 25.1. The average Bonchev–Trinajstić information content (AvgIpc) is 3.48. The molecule has 0 aliphatic carbocycles. The number of anilines is 3. The first kappa shape index (κ1) is 26.3. The molecule has 0 fully saturated rings. The van der Waals surface area contributed by atoms with Crippen molar-refractivity contribution in [3.05, 3.63) is 176 Å². The molecule has 0 aliphatic heterocycles. The van der Waals surface area contributed by atoms with Gasteiger partial charge in [0, 0.05) is 27.5 Å². The van der Waals surface area contributed by atoms with Crippen LogP contribution in [0.1, 0.15) is 0 Å². The zero-order valence-corrected chi connectivity index (χ0v) is 25.1. The van der Waals surface area contributed by atoms with Crippen LogP contribution in [0.2, 0.25) is 0 Å². The predicted octanol–water partition coefficient (Wildman–Crippen LogP) is 12.7. The fourth-order valence-corrected chi connectivity index (χ4v) is 6.75. The molecule has 0 unspecified atom stereocenters. The van der Waals surface area contributed by atoms with Gasteiger partial charge >= 0.3 is 0 Å². The number of hydrogen-bond acceptors (Lipinski definition) is 2. The van der Waals surface area contributed by atoms with Crippen LogP contribution in [0.4, 0.5) is 17.1 Å². The second kappa shape index (κ2) is 10.8. The molecule has 0 radical (unpaired) electrons. The molecule has 0 bridgehead atoms. The molecule has 0 saturated carbocycles. The van der Waals surface area contributed by atoms with Gasteiger partial charge in [0.05, 0.1) is 5.69 Å². The maximum Gasteiger partial charge on any atom is 0.136 e. The number of fused-ring (bicyclic) bond motifs is 5. The van der Waals surface area contributed by atoms with E-state index >= 15 is 0 Å². The van der Waals surface area contributed by atoms with Gasteiger partial charge in [-0.25, -0.2) is 0 Å². The number of benzene rings is 8. The van der Waals surface area contributed by atoms with E-state index < -0.39 is 0 Å². The zero-order chi connectivity index (χ0) is 30.5. The Labute approximate surface area is 267 Å². The summed E-state index contributed by atoms with van der Waals surface area (Å²) < 4.78 is 6.41. The number of furan rings is 1. The van der Waals surface area contributed by atoms with Crippen molar-refractivity contribution in [2.75, 3.05) is 4.90 Å². The van der Waals surface area contributed by atoms with Gasteiger partial charge in [-0.05, 0) is 93.0 Å². The Morgan fingerprint density at radius 2 is 0.913 bits per heavy atom. The minimum absolute atomic E-state index is 0.884. The first-order valence-electron chi connectivity index (χ1n) is 15.7. The summed E-state index contributed by atoms with van der Waals surface area (Å²) in [5.41, 5.74) is 9.78. The van der Waals surface area contributed by atoms with E-state index in [0.717, 1.165) is 39.0 Å². The highest BCUT2D eigenvalue weighted by molar-refractivity contribution is 6.11. The molecule has 2 nitrogen and oxygen atoms in total. The van der Waals surface area contributed by atoms with Crippen LogP contribution in [0.3, 0.4) is 0 Å². The van der Waals surface area contributed by atoms with Crippen molar-refractivity contribution in [2.24, 2.45) is 0 Å². The van der Waals surface area contributed by atoms with E-state index in [-0.39, 0.29) is 0 Å². The Kier molecular flexibility index (Phi) is 6.17. The Morgan fingerprint density at radius 1 is 0.326 bits per heavy atom. The van der Waals surface area contributed by atoms with Crippen LogP contribution < -0.4 is 4.90 Å². The molecule has 1 aromatic heterocycles. The fourth-order valence-electron chi connectivity index (χ4n) is 6.75. The van der Waals surface area contributed by atoms with E-state index in [0.29, 0.717) is 0 Å². The molecule has 0 atom stereocenters. The molecule has 0 saturated heterocycles. The normalized spacial score (nSPS) is 11.5. The lowest BCUT2D eigenvalue weighted by molar-refractivity contribution is 0.669. The quantitative estimate of drug-likeness (QED) is 0.199. The van der Waals surface area contributed by atoms with Crippen LogP contribution in [-0.2, 0) is 0 Å². The molecule has 46 heavy (non-hydrogen) atoms. The molecule has 1 heterocycles. The van der Waals surface area contributed by atoms with Crippen LogP contribution in [-0.4, -0.2) is 0 Å². The van der Waals surface area contributed by atoms with Crippen molar-refractivity contribution in [3.8, 4) is 22.3 Å². The average molecular weight is 588 g/mol. The summed E-state index contributed by atoms with van der Waals surface area (Å²) >= 11 is 0. The molecule has 8 aromatic carbocycles. The predicted molar refractivity (Wildman–Crippen MR) is 194 cm³/mol. The Bertz CT molecular complexity index is 2470. The highest BCUT2D eigenvalue weighted by Crippen LogP contribution is 2.44.